The molecular formula is C26H32N2O6. The number of carbonyl (C=O) groups excluding carboxylic acids is 2. The number of carbonyl (C=O) groups is 3. The van der Waals surface area contributed by atoms with Gasteiger partial charge in [-0.1, -0.05) is 61.9 Å². The molecule has 2 amide bonds. The Morgan fingerprint density at radius 2 is 1.65 bits per heavy atom. The molecule has 182 valence electrons. The van der Waals surface area contributed by atoms with Crippen LogP contribution in [0.2, 0.25) is 0 Å². The summed E-state index contributed by atoms with van der Waals surface area (Å²) in [6, 6.07) is 15.7. The third-order valence-corrected chi connectivity index (χ3v) is 6.05. The summed E-state index contributed by atoms with van der Waals surface area (Å²) in [5, 5.41) is 14.7. The maximum atomic E-state index is 12.6. The van der Waals surface area contributed by atoms with Gasteiger partial charge in [-0.05, 0) is 35.6 Å². The quantitative estimate of drug-likeness (QED) is 0.464. The molecule has 1 aliphatic carbocycles. The highest BCUT2D eigenvalue weighted by Gasteiger charge is 2.35. The fourth-order valence-corrected chi connectivity index (χ4v) is 4.40. The van der Waals surface area contributed by atoms with Crippen LogP contribution in [0.4, 0.5) is 4.79 Å². The number of rotatable bonds is 11. The van der Waals surface area contributed by atoms with Gasteiger partial charge < -0.3 is 25.2 Å². The van der Waals surface area contributed by atoms with E-state index in [9.17, 15) is 19.5 Å². The summed E-state index contributed by atoms with van der Waals surface area (Å²) in [7, 11) is 1.37. The SMILES string of the molecule is CCC[C@H](CC(=O)NC(C)(COC)C(=O)O)NC(=O)OCC1c2ccccc2-c2ccccc21. The standard InChI is InChI=1S/C26H32N2O6/c1-4-9-17(14-23(29)28-26(2,16-33-3)24(30)31)27-25(32)34-15-22-20-12-7-5-10-18(20)19-11-6-8-13-21(19)22/h5-8,10-13,17,22H,4,9,14-16H2,1-3H3,(H,27,32)(H,28,29)(H,30,31)/t17-,26?/m1/s1. The zero-order chi connectivity index (χ0) is 24.7. The van der Waals surface area contributed by atoms with Gasteiger partial charge in [0.15, 0.2) is 5.54 Å². The van der Waals surface area contributed by atoms with Crippen LogP contribution >= 0.6 is 0 Å². The molecule has 2 atom stereocenters. The van der Waals surface area contributed by atoms with Crippen molar-refractivity contribution in [2.75, 3.05) is 20.3 Å². The van der Waals surface area contributed by atoms with Gasteiger partial charge >= 0.3 is 12.1 Å². The van der Waals surface area contributed by atoms with Crippen LogP contribution in [0.5, 0.6) is 0 Å². The molecule has 8 nitrogen and oxygen atoms in total. The molecule has 1 aliphatic rings. The Balaban J connectivity index is 1.60. The van der Waals surface area contributed by atoms with Crippen LogP contribution in [0.15, 0.2) is 48.5 Å². The van der Waals surface area contributed by atoms with E-state index in [0.29, 0.717) is 6.42 Å². The van der Waals surface area contributed by atoms with Crippen LogP contribution in [0.3, 0.4) is 0 Å². The average molecular weight is 469 g/mol. The van der Waals surface area contributed by atoms with Crippen LogP contribution in [0.25, 0.3) is 11.1 Å². The average Bonchev–Trinajstić information content (AvgIpc) is 3.11. The molecule has 2 aromatic rings. The van der Waals surface area contributed by atoms with Gasteiger partial charge in [0.2, 0.25) is 5.91 Å². The van der Waals surface area contributed by atoms with Gasteiger partial charge in [0, 0.05) is 25.5 Å². The Bertz CT molecular complexity index is 994. The van der Waals surface area contributed by atoms with E-state index in [0.717, 1.165) is 28.7 Å². The van der Waals surface area contributed by atoms with Gasteiger partial charge in [-0.3, -0.25) is 4.79 Å². The molecule has 1 unspecified atom stereocenters. The second-order valence-electron chi connectivity index (χ2n) is 8.78. The maximum absolute atomic E-state index is 12.6. The lowest BCUT2D eigenvalue weighted by molar-refractivity contribution is -0.149. The number of aliphatic carboxylic acids is 1. The van der Waals surface area contributed by atoms with E-state index in [2.05, 4.69) is 22.8 Å². The lowest BCUT2D eigenvalue weighted by Crippen LogP contribution is -2.56. The minimum Gasteiger partial charge on any atom is -0.479 e. The number of amides is 2. The fourth-order valence-electron chi connectivity index (χ4n) is 4.40. The summed E-state index contributed by atoms with van der Waals surface area (Å²) in [6.07, 6.45) is 0.609. The van der Waals surface area contributed by atoms with E-state index in [4.69, 9.17) is 9.47 Å². The molecule has 34 heavy (non-hydrogen) atoms. The Hall–Kier alpha value is -3.39. The van der Waals surface area contributed by atoms with Crippen molar-refractivity contribution in [2.24, 2.45) is 0 Å². The smallest absolute Gasteiger partial charge is 0.407 e. The third kappa shape index (κ3) is 5.75. The van der Waals surface area contributed by atoms with Crippen molar-refractivity contribution >= 4 is 18.0 Å². The van der Waals surface area contributed by atoms with E-state index >= 15 is 0 Å². The van der Waals surface area contributed by atoms with Gasteiger partial charge in [0.25, 0.3) is 0 Å². The molecule has 0 aliphatic heterocycles. The fraction of sp³-hybridized carbons (Fsp3) is 0.423. The van der Waals surface area contributed by atoms with Crippen LogP contribution < -0.4 is 10.6 Å². The van der Waals surface area contributed by atoms with Crippen LogP contribution in [0, 0.1) is 0 Å². The summed E-state index contributed by atoms with van der Waals surface area (Å²) < 4.78 is 10.5. The molecule has 0 aromatic heterocycles. The van der Waals surface area contributed by atoms with Gasteiger partial charge in [0.05, 0.1) is 6.61 Å². The van der Waals surface area contributed by atoms with Crippen molar-refractivity contribution in [1.29, 1.82) is 0 Å². The predicted octanol–water partition coefficient (Wildman–Crippen LogP) is 3.69. The highest BCUT2D eigenvalue weighted by atomic mass is 16.5. The van der Waals surface area contributed by atoms with Gasteiger partial charge in [0.1, 0.15) is 6.61 Å². The largest absolute Gasteiger partial charge is 0.479 e. The molecule has 0 spiro atoms. The monoisotopic (exact) mass is 468 g/mol. The molecule has 0 bridgehead atoms. The van der Waals surface area contributed by atoms with E-state index in [1.54, 1.807) is 0 Å². The molecule has 0 saturated heterocycles. The molecule has 3 N–H and O–H groups in total. The first-order valence-electron chi connectivity index (χ1n) is 11.4. The Labute approximate surface area is 199 Å². The number of carboxylic acid groups (broad SMARTS) is 1. The summed E-state index contributed by atoms with van der Waals surface area (Å²) >= 11 is 0. The molecular weight excluding hydrogens is 436 g/mol. The Morgan fingerprint density at radius 1 is 1.06 bits per heavy atom. The Morgan fingerprint density at radius 3 is 2.18 bits per heavy atom. The second kappa shape index (κ2) is 11.2. The number of alkyl carbamates (subject to hydrolysis) is 1. The Kier molecular flexibility index (Phi) is 8.28. The number of fused-ring (bicyclic) bond motifs is 3. The lowest BCUT2D eigenvalue weighted by atomic mass is 9.98. The van der Waals surface area contributed by atoms with E-state index in [1.165, 1.54) is 14.0 Å². The first-order chi connectivity index (χ1) is 16.3. The minimum atomic E-state index is -1.55. The number of hydrogen-bond acceptors (Lipinski definition) is 5. The first-order valence-corrected chi connectivity index (χ1v) is 11.4. The van der Waals surface area contributed by atoms with Crippen LogP contribution in [-0.2, 0) is 19.1 Å². The zero-order valence-electron chi connectivity index (χ0n) is 19.8. The number of carboxylic acids is 1. The minimum absolute atomic E-state index is 0.0589. The summed E-state index contributed by atoms with van der Waals surface area (Å²) in [6.45, 7) is 3.32. The number of hydrogen-bond donors (Lipinski definition) is 3. The molecule has 0 radical (unpaired) electrons. The van der Waals surface area contributed by atoms with Gasteiger partial charge in [-0.15, -0.1) is 0 Å². The van der Waals surface area contributed by atoms with Gasteiger partial charge in [-0.25, -0.2) is 9.59 Å². The lowest BCUT2D eigenvalue weighted by Gasteiger charge is -2.26. The van der Waals surface area contributed by atoms with Crippen molar-refractivity contribution in [3.05, 3.63) is 59.7 Å². The topological polar surface area (TPSA) is 114 Å². The van der Waals surface area contributed by atoms with Crippen molar-refractivity contribution in [3.8, 4) is 11.1 Å². The van der Waals surface area contributed by atoms with Crippen molar-refractivity contribution in [2.45, 2.75) is 50.6 Å². The summed E-state index contributed by atoms with van der Waals surface area (Å²) in [5.74, 6) is -1.74. The molecule has 0 fully saturated rings. The van der Waals surface area contributed by atoms with Crippen molar-refractivity contribution in [1.82, 2.24) is 10.6 Å². The van der Waals surface area contributed by atoms with Crippen LogP contribution in [0.1, 0.15) is 50.2 Å². The number of nitrogens with one attached hydrogen (secondary N) is 2. The molecule has 2 aromatic carbocycles. The van der Waals surface area contributed by atoms with E-state index in [1.807, 2.05) is 43.3 Å². The van der Waals surface area contributed by atoms with Crippen LogP contribution in [-0.4, -0.2) is 55.0 Å². The second-order valence-corrected chi connectivity index (χ2v) is 8.78. The molecule has 0 saturated carbocycles. The first kappa shape index (κ1) is 25.2. The van der Waals surface area contributed by atoms with E-state index < -0.39 is 29.6 Å². The van der Waals surface area contributed by atoms with E-state index in [-0.39, 0.29) is 25.6 Å². The number of benzene rings is 2. The zero-order valence-corrected chi connectivity index (χ0v) is 19.8. The van der Waals surface area contributed by atoms with Gasteiger partial charge in [-0.2, -0.15) is 0 Å². The highest BCUT2D eigenvalue weighted by Crippen LogP contribution is 2.44. The highest BCUT2D eigenvalue weighted by molar-refractivity contribution is 5.87. The molecule has 8 heteroatoms. The maximum Gasteiger partial charge on any atom is 0.407 e. The predicted molar refractivity (Wildman–Crippen MR) is 128 cm³/mol. The van der Waals surface area contributed by atoms with Crippen molar-refractivity contribution in [3.63, 3.8) is 0 Å². The number of methoxy groups -OCH3 is 1. The molecule has 3 rings (SSSR count). The normalized spacial score (nSPS) is 14.9. The summed E-state index contributed by atoms with van der Waals surface area (Å²) in [4.78, 5) is 36.7. The number of ether oxygens (including phenoxy) is 2. The molecule has 0 heterocycles. The van der Waals surface area contributed by atoms with Crippen molar-refractivity contribution < 1.29 is 29.0 Å². The third-order valence-electron chi connectivity index (χ3n) is 6.05. The summed E-state index contributed by atoms with van der Waals surface area (Å²) in [5.41, 5.74) is 2.97.